The molecule has 0 aliphatic heterocycles. The molecule has 0 radical (unpaired) electrons. The highest BCUT2D eigenvalue weighted by atomic mass is 16.5. The van der Waals surface area contributed by atoms with Gasteiger partial charge in [0, 0.05) is 5.56 Å². The molecular formula is C12H10N2O3. The molecule has 5 nitrogen and oxygen atoms in total. The summed E-state index contributed by atoms with van der Waals surface area (Å²) in [6, 6.07) is 10.4. The number of benzene rings is 1. The Bertz CT molecular complexity index is 538. The minimum atomic E-state index is -1.09. The Kier molecular flexibility index (Phi) is 3.00. The highest BCUT2D eigenvalue weighted by Gasteiger charge is 2.09. The third kappa shape index (κ3) is 2.23. The van der Waals surface area contributed by atoms with Gasteiger partial charge in [-0.15, -0.1) is 10.2 Å². The van der Waals surface area contributed by atoms with Crippen LogP contribution in [0.15, 0.2) is 36.4 Å². The first-order valence-electron chi connectivity index (χ1n) is 4.93. The molecule has 0 amide bonds. The lowest BCUT2D eigenvalue weighted by molar-refractivity contribution is 0.0689. The molecule has 0 aliphatic rings. The smallest absolute Gasteiger partial charge is 0.356 e. The second-order valence-electron chi connectivity index (χ2n) is 3.31. The van der Waals surface area contributed by atoms with Crippen LogP contribution in [0.3, 0.4) is 0 Å². The lowest BCUT2D eigenvalue weighted by Crippen LogP contribution is -2.02. The fourth-order valence-electron chi connectivity index (χ4n) is 1.45. The van der Waals surface area contributed by atoms with E-state index in [9.17, 15) is 4.79 Å². The van der Waals surface area contributed by atoms with Crippen molar-refractivity contribution in [2.45, 2.75) is 0 Å². The first-order valence-corrected chi connectivity index (χ1v) is 4.93. The Balaban J connectivity index is 2.43. The SMILES string of the molecule is COc1ccccc1-c1ccc(C(=O)O)nn1. The van der Waals surface area contributed by atoms with Gasteiger partial charge in [0.2, 0.25) is 0 Å². The molecule has 0 unspecified atom stereocenters. The van der Waals surface area contributed by atoms with Crippen molar-refractivity contribution in [3.05, 3.63) is 42.1 Å². The molecule has 1 N–H and O–H groups in total. The van der Waals surface area contributed by atoms with E-state index in [4.69, 9.17) is 9.84 Å². The highest BCUT2D eigenvalue weighted by molar-refractivity contribution is 5.85. The molecule has 0 bridgehead atoms. The number of methoxy groups -OCH3 is 1. The monoisotopic (exact) mass is 230 g/mol. The topological polar surface area (TPSA) is 72.3 Å². The number of para-hydroxylation sites is 1. The number of aromatic carboxylic acids is 1. The van der Waals surface area contributed by atoms with Crippen molar-refractivity contribution in [2.75, 3.05) is 7.11 Å². The maximum Gasteiger partial charge on any atom is 0.356 e. The Labute approximate surface area is 97.7 Å². The maximum atomic E-state index is 10.6. The molecule has 17 heavy (non-hydrogen) atoms. The largest absolute Gasteiger partial charge is 0.496 e. The van der Waals surface area contributed by atoms with Crippen molar-refractivity contribution in [3.63, 3.8) is 0 Å². The average molecular weight is 230 g/mol. The zero-order chi connectivity index (χ0) is 12.3. The van der Waals surface area contributed by atoms with Gasteiger partial charge in [-0.25, -0.2) is 4.79 Å². The predicted octanol–water partition coefficient (Wildman–Crippen LogP) is 1.85. The van der Waals surface area contributed by atoms with Crippen molar-refractivity contribution < 1.29 is 14.6 Å². The molecule has 86 valence electrons. The molecule has 1 aromatic carbocycles. The lowest BCUT2D eigenvalue weighted by Gasteiger charge is -2.06. The minimum absolute atomic E-state index is 0.0800. The van der Waals surface area contributed by atoms with Gasteiger partial charge >= 0.3 is 5.97 Å². The number of hydrogen-bond acceptors (Lipinski definition) is 4. The third-order valence-electron chi connectivity index (χ3n) is 2.27. The first-order chi connectivity index (χ1) is 8.22. The van der Waals surface area contributed by atoms with Gasteiger partial charge in [0.25, 0.3) is 0 Å². The van der Waals surface area contributed by atoms with Gasteiger partial charge in [0.15, 0.2) is 5.69 Å². The molecule has 0 atom stereocenters. The summed E-state index contributed by atoms with van der Waals surface area (Å²) in [5, 5.41) is 16.2. The van der Waals surface area contributed by atoms with Crippen molar-refractivity contribution >= 4 is 5.97 Å². The van der Waals surface area contributed by atoms with Crippen LogP contribution in [0.25, 0.3) is 11.3 Å². The quantitative estimate of drug-likeness (QED) is 0.871. The molecular weight excluding hydrogens is 220 g/mol. The van der Waals surface area contributed by atoms with Crippen LogP contribution in [0, 0.1) is 0 Å². The summed E-state index contributed by atoms with van der Waals surface area (Å²) < 4.78 is 5.19. The molecule has 2 aromatic rings. The van der Waals surface area contributed by atoms with E-state index in [1.165, 1.54) is 6.07 Å². The summed E-state index contributed by atoms with van der Waals surface area (Å²) in [5.74, 6) is -0.422. The normalized spacial score (nSPS) is 9.94. The average Bonchev–Trinajstić information content (AvgIpc) is 2.39. The van der Waals surface area contributed by atoms with Crippen molar-refractivity contribution in [1.29, 1.82) is 0 Å². The van der Waals surface area contributed by atoms with E-state index in [1.807, 2.05) is 24.3 Å². The molecule has 0 saturated carbocycles. The number of hydrogen-bond donors (Lipinski definition) is 1. The van der Waals surface area contributed by atoms with Gasteiger partial charge in [-0.1, -0.05) is 12.1 Å². The summed E-state index contributed by atoms with van der Waals surface area (Å²) in [5.41, 5.74) is 1.27. The van der Waals surface area contributed by atoms with Crippen LogP contribution in [-0.4, -0.2) is 28.4 Å². The van der Waals surface area contributed by atoms with Crippen LogP contribution in [0.2, 0.25) is 0 Å². The van der Waals surface area contributed by atoms with Crippen LogP contribution < -0.4 is 4.74 Å². The van der Waals surface area contributed by atoms with Gasteiger partial charge in [-0.2, -0.15) is 0 Å². The summed E-state index contributed by atoms with van der Waals surface area (Å²) >= 11 is 0. The van der Waals surface area contributed by atoms with Crippen molar-refractivity contribution in [1.82, 2.24) is 10.2 Å². The second-order valence-corrected chi connectivity index (χ2v) is 3.31. The Morgan fingerprint density at radius 2 is 1.94 bits per heavy atom. The van der Waals surface area contributed by atoms with Gasteiger partial charge in [0.05, 0.1) is 12.8 Å². The standard InChI is InChI=1S/C12H10N2O3/c1-17-11-5-3-2-4-8(11)9-6-7-10(12(15)16)14-13-9/h2-7H,1H3,(H,15,16). The van der Waals surface area contributed by atoms with E-state index < -0.39 is 5.97 Å². The Morgan fingerprint density at radius 1 is 1.18 bits per heavy atom. The summed E-state index contributed by atoms with van der Waals surface area (Å²) in [4.78, 5) is 10.6. The van der Waals surface area contributed by atoms with Crippen molar-refractivity contribution in [3.8, 4) is 17.0 Å². The number of carboxylic acid groups (broad SMARTS) is 1. The van der Waals surface area contributed by atoms with Gasteiger partial charge in [-0.3, -0.25) is 0 Å². The van der Waals surface area contributed by atoms with Crippen LogP contribution in [0.1, 0.15) is 10.5 Å². The molecule has 5 heteroatoms. The van der Waals surface area contributed by atoms with E-state index in [2.05, 4.69) is 10.2 Å². The van der Waals surface area contributed by atoms with Gasteiger partial charge in [0.1, 0.15) is 5.75 Å². The Morgan fingerprint density at radius 3 is 2.53 bits per heavy atom. The van der Waals surface area contributed by atoms with Crippen LogP contribution >= 0.6 is 0 Å². The zero-order valence-corrected chi connectivity index (χ0v) is 9.12. The fourth-order valence-corrected chi connectivity index (χ4v) is 1.45. The first kappa shape index (κ1) is 11.1. The van der Waals surface area contributed by atoms with Crippen LogP contribution in [-0.2, 0) is 0 Å². The number of ether oxygens (including phenoxy) is 1. The molecule has 0 aliphatic carbocycles. The fraction of sp³-hybridized carbons (Fsp3) is 0.0833. The minimum Gasteiger partial charge on any atom is -0.496 e. The van der Waals surface area contributed by atoms with Crippen molar-refractivity contribution in [2.24, 2.45) is 0 Å². The van der Waals surface area contributed by atoms with E-state index >= 15 is 0 Å². The van der Waals surface area contributed by atoms with E-state index in [0.29, 0.717) is 11.4 Å². The molecule has 2 rings (SSSR count). The molecule has 1 aromatic heterocycles. The van der Waals surface area contributed by atoms with E-state index in [1.54, 1.807) is 13.2 Å². The second kappa shape index (κ2) is 4.61. The van der Waals surface area contributed by atoms with Crippen LogP contribution in [0.4, 0.5) is 0 Å². The summed E-state index contributed by atoms with van der Waals surface area (Å²) in [6.45, 7) is 0. The van der Waals surface area contributed by atoms with E-state index in [-0.39, 0.29) is 5.69 Å². The van der Waals surface area contributed by atoms with Gasteiger partial charge < -0.3 is 9.84 Å². The number of carbonyl (C=O) groups is 1. The number of aromatic nitrogens is 2. The number of rotatable bonds is 3. The summed E-state index contributed by atoms with van der Waals surface area (Å²) in [7, 11) is 1.57. The zero-order valence-electron chi connectivity index (χ0n) is 9.12. The molecule has 0 spiro atoms. The predicted molar refractivity (Wildman–Crippen MR) is 61.0 cm³/mol. The molecule has 0 fully saturated rings. The summed E-state index contributed by atoms with van der Waals surface area (Å²) in [6.07, 6.45) is 0. The van der Waals surface area contributed by atoms with Crippen LogP contribution in [0.5, 0.6) is 5.75 Å². The number of carboxylic acids is 1. The van der Waals surface area contributed by atoms with Gasteiger partial charge in [-0.05, 0) is 24.3 Å². The maximum absolute atomic E-state index is 10.6. The van der Waals surface area contributed by atoms with E-state index in [0.717, 1.165) is 5.56 Å². The number of nitrogens with zero attached hydrogens (tertiary/aromatic N) is 2. The molecule has 0 saturated heterocycles. The Hall–Kier alpha value is -2.43. The highest BCUT2D eigenvalue weighted by Crippen LogP contribution is 2.27. The molecule has 1 heterocycles. The third-order valence-corrected chi connectivity index (χ3v) is 2.27. The lowest BCUT2D eigenvalue weighted by atomic mass is 10.1.